The van der Waals surface area contributed by atoms with Crippen molar-refractivity contribution in [2.24, 2.45) is 0 Å². The van der Waals surface area contributed by atoms with Crippen molar-refractivity contribution in [3.05, 3.63) is 82.0 Å². The highest BCUT2D eigenvalue weighted by Gasteiger charge is 2.26. The topological polar surface area (TPSA) is 95.1 Å². The Balaban J connectivity index is 1.50. The zero-order valence-electron chi connectivity index (χ0n) is 18.8. The molecule has 0 unspecified atom stereocenters. The first-order valence-corrected chi connectivity index (χ1v) is 11.9. The van der Waals surface area contributed by atoms with Gasteiger partial charge in [-0.1, -0.05) is 36.4 Å². The number of benzene rings is 2. The van der Waals surface area contributed by atoms with Gasteiger partial charge in [0.25, 0.3) is 5.91 Å². The quantitative estimate of drug-likeness (QED) is 0.305. The molecule has 1 aliphatic heterocycles. The zero-order chi connectivity index (χ0) is 23.8. The van der Waals surface area contributed by atoms with Gasteiger partial charge in [-0.25, -0.2) is 4.98 Å². The van der Waals surface area contributed by atoms with Crippen molar-refractivity contribution in [2.45, 2.75) is 26.7 Å². The molecule has 0 bridgehead atoms. The summed E-state index contributed by atoms with van der Waals surface area (Å²) in [7, 11) is 0. The minimum absolute atomic E-state index is 0.0703. The number of H-pyrrole nitrogens is 1. The molecule has 0 aliphatic carbocycles. The average Bonchev–Trinajstić information content (AvgIpc) is 3.50. The molecular formula is C27H23N3O3S. The summed E-state index contributed by atoms with van der Waals surface area (Å²) in [6, 6.07) is 15.9. The summed E-state index contributed by atoms with van der Waals surface area (Å²) in [5.41, 5.74) is 8.76. The van der Waals surface area contributed by atoms with Gasteiger partial charge >= 0.3 is 5.97 Å². The largest absolute Gasteiger partial charge is 0.481 e. The second-order valence-electron chi connectivity index (χ2n) is 8.34. The lowest BCUT2D eigenvalue weighted by Crippen LogP contribution is -2.03. The molecule has 5 rings (SSSR count). The van der Waals surface area contributed by atoms with E-state index < -0.39 is 5.97 Å². The number of fused-ring (bicyclic) bond motifs is 1. The van der Waals surface area contributed by atoms with E-state index in [1.165, 1.54) is 0 Å². The van der Waals surface area contributed by atoms with Gasteiger partial charge in [0.05, 0.1) is 11.3 Å². The van der Waals surface area contributed by atoms with Crippen molar-refractivity contribution in [3.8, 4) is 21.8 Å². The number of hydrogen-bond acceptors (Lipinski definition) is 4. The first-order chi connectivity index (χ1) is 16.4. The smallest absolute Gasteiger partial charge is 0.303 e. The summed E-state index contributed by atoms with van der Waals surface area (Å²) in [6.45, 7) is 3.89. The third-order valence-corrected chi connectivity index (χ3v) is 7.02. The number of carbonyl (C=O) groups is 2. The van der Waals surface area contributed by atoms with Crippen LogP contribution in [0, 0.1) is 13.8 Å². The van der Waals surface area contributed by atoms with Crippen molar-refractivity contribution in [3.63, 3.8) is 0 Å². The standard InChI is InChI=1S/C27H23N3O3S/c1-15-19(9-11-25(31)32)16(2)28-23(15)13-21-20-12-18(8-10-22(20)29-26(21)33)24-14-34-27(30-24)17-6-4-3-5-7-17/h3-8,10,12-14,28H,9,11H2,1-2H3,(H,29,33)(H,31,32). The fourth-order valence-electron chi connectivity index (χ4n) is 4.32. The van der Waals surface area contributed by atoms with Crippen LogP contribution in [0.25, 0.3) is 33.5 Å². The number of carboxylic acid groups (broad SMARTS) is 1. The Morgan fingerprint density at radius 1 is 1.12 bits per heavy atom. The molecule has 2 aromatic heterocycles. The van der Waals surface area contributed by atoms with E-state index >= 15 is 0 Å². The van der Waals surface area contributed by atoms with E-state index in [9.17, 15) is 9.59 Å². The van der Waals surface area contributed by atoms with Crippen LogP contribution in [0.1, 0.15) is 34.5 Å². The molecule has 3 N–H and O–H groups in total. The van der Waals surface area contributed by atoms with Crippen LogP contribution in [-0.4, -0.2) is 27.0 Å². The molecule has 7 heteroatoms. The normalized spacial score (nSPS) is 13.8. The summed E-state index contributed by atoms with van der Waals surface area (Å²) in [6.07, 6.45) is 2.38. The van der Waals surface area contributed by atoms with Gasteiger partial charge in [-0.2, -0.15) is 0 Å². The summed E-state index contributed by atoms with van der Waals surface area (Å²) >= 11 is 1.59. The van der Waals surface area contributed by atoms with Gasteiger partial charge in [0.2, 0.25) is 0 Å². The number of aromatic nitrogens is 2. The van der Waals surface area contributed by atoms with Crippen molar-refractivity contribution in [1.82, 2.24) is 9.97 Å². The number of anilines is 1. The molecule has 4 aromatic rings. The highest BCUT2D eigenvalue weighted by atomic mass is 32.1. The van der Waals surface area contributed by atoms with Gasteiger partial charge in [-0.3, -0.25) is 9.59 Å². The average molecular weight is 470 g/mol. The third-order valence-electron chi connectivity index (χ3n) is 6.13. The second kappa shape index (κ2) is 8.76. The molecule has 170 valence electrons. The fourth-order valence-corrected chi connectivity index (χ4v) is 5.16. The van der Waals surface area contributed by atoms with E-state index in [1.54, 1.807) is 11.3 Å². The minimum Gasteiger partial charge on any atom is -0.481 e. The number of thiazole rings is 1. The first-order valence-electron chi connectivity index (χ1n) is 11.0. The fraction of sp³-hybridized carbons (Fsp3) is 0.148. The van der Waals surface area contributed by atoms with Crippen molar-refractivity contribution >= 4 is 40.5 Å². The molecule has 3 heterocycles. The maximum Gasteiger partial charge on any atom is 0.303 e. The number of aliphatic carboxylic acids is 1. The minimum atomic E-state index is -0.825. The number of amides is 1. The molecular weight excluding hydrogens is 446 g/mol. The van der Waals surface area contributed by atoms with Crippen LogP contribution < -0.4 is 5.32 Å². The molecule has 34 heavy (non-hydrogen) atoms. The lowest BCUT2D eigenvalue weighted by Gasteiger charge is -2.03. The zero-order valence-corrected chi connectivity index (χ0v) is 19.6. The predicted octanol–water partition coefficient (Wildman–Crippen LogP) is 5.93. The van der Waals surface area contributed by atoms with Gasteiger partial charge in [0, 0.05) is 45.6 Å². The number of aromatic amines is 1. The molecule has 6 nitrogen and oxygen atoms in total. The summed E-state index contributed by atoms with van der Waals surface area (Å²) in [5, 5.41) is 15.0. The summed E-state index contributed by atoms with van der Waals surface area (Å²) in [4.78, 5) is 31.9. The lowest BCUT2D eigenvalue weighted by atomic mass is 10.00. The van der Waals surface area contributed by atoms with Gasteiger partial charge < -0.3 is 15.4 Å². The summed E-state index contributed by atoms with van der Waals surface area (Å²) < 4.78 is 0. The van der Waals surface area contributed by atoms with Gasteiger partial charge in [0.15, 0.2) is 0 Å². The molecule has 0 fully saturated rings. The number of hydrogen-bond donors (Lipinski definition) is 3. The Hall–Kier alpha value is -3.97. The van der Waals surface area contributed by atoms with Gasteiger partial charge in [0.1, 0.15) is 5.01 Å². The number of carboxylic acids is 1. The molecule has 0 radical (unpaired) electrons. The maximum atomic E-state index is 12.8. The Bertz CT molecular complexity index is 1450. The lowest BCUT2D eigenvalue weighted by molar-refractivity contribution is -0.137. The molecule has 1 aliphatic rings. The molecule has 0 atom stereocenters. The van der Waals surface area contributed by atoms with E-state index in [0.717, 1.165) is 55.6 Å². The van der Waals surface area contributed by atoms with Gasteiger partial charge in [-0.15, -0.1) is 11.3 Å². The highest BCUT2D eigenvalue weighted by molar-refractivity contribution is 7.13. The third kappa shape index (κ3) is 4.06. The molecule has 1 amide bonds. The highest BCUT2D eigenvalue weighted by Crippen LogP contribution is 2.38. The monoisotopic (exact) mass is 469 g/mol. The number of carbonyl (C=O) groups excluding carboxylic acids is 1. The number of nitrogens with zero attached hydrogens (tertiary/aromatic N) is 1. The molecule has 2 aromatic carbocycles. The molecule has 0 saturated heterocycles. The van der Waals surface area contributed by atoms with Crippen molar-refractivity contribution in [1.29, 1.82) is 0 Å². The first kappa shape index (κ1) is 21.9. The van der Waals surface area contributed by atoms with Crippen LogP contribution in [0.15, 0.2) is 53.9 Å². The predicted molar refractivity (Wildman–Crippen MR) is 136 cm³/mol. The Morgan fingerprint density at radius 3 is 2.68 bits per heavy atom. The van der Waals surface area contributed by atoms with Crippen LogP contribution in [-0.2, 0) is 16.0 Å². The van der Waals surface area contributed by atoms with Crippen LogP contribution in [0.5, 0.6) is 0 Å². The van der Waals surface area contributed by atoms with Crippen LogP contribution >= 0.6 is 11.3 Å². The van der Waals surface area contributed by atoms with E-state index in [0.29, 0.717) is 12.0 Å². The van der Waals surface area contributed by atoms with Gasteiger partial charge in [-0.05, 0) is 49.6 Å². The number of nitrogens with one attached hydrogen (secondary N) is 2. The second-order valence-corrected chi connectivity index (χ2v) is 9.20. The van der Waals surface area contributed by atoms with Crippen molar-refractivity contribution < 1.29 is 14.7 Å². The SMILES string of the molecule is Cc1[nH]c(C=C2C(=O)Nc3ccc(-c4csc(-c5ccccc5)n4)cc32)c(C)c1CCC(=O)O. The molecule has 0 saturated carbocycles. The Kier molecular flexibility index (Phi) is 5.63. The van der Waals surface area contributed by atoms with E-state index in [1.807, 2.05) is 73.8 Å². The van der Waals surface area contributed by atoms with Crippen molar-refractivity contribution in [2.75, 3.05) is 5.32 Å². The van der Waals surface area contributed by atoms with E-state index in [-0.39, 0.29) is 12.3 Å². The maximum absolute atomic E-state index is 12.8. The Morgan fingerprint density at radius 2 is 1.91 bits per heavy atom. The van der Waals surface area contributed by atoms with E-state index in [2.05, 4.69) is 10.3 Å². The van der Waals surface area contributed by atoms with Crippen LogP contribution in [0.3, 0.4) is 0 Å². The van der Waals surface area contributed by atoms with Crippen LogP contribution in [0.4, 0.5) is 5.69 Å². The van der Waals surface area contributed by atoms with E-state index in [4.69, 9.17) is 10.1 Å². The molecule has 0 spiro atoms. The number of aryl methyl sites for hydroxylation is 1. The summed E-state index contributed by atoms with van der Waals surface area (Å²) in [5.74, 6) is -0.983. The number of rotatable bonds is 6. The Labute approximate surface area is 201 Å². The van der Waals surface area contributed by atoms with Crippen LogP contribution in [0.2, 0.25) is 0 Å².